The lowest BCUT2D eigenvalue weighted by molar-refractivity contribution is 0.672. The van der Waals surface area contributed by atoms with Crippen LogP contribution in [-0.4, -0.2) is 0 Å². The molecule has 1 aromatic heterocycles. The number of hydrogen-bond donors (Lipinski definition) is 0. The molecule has 12 aromatic rings. The first-order valence-corrected chi connectivity index (χ1v) is 22.8. The Labute approximate surface area is 382 Å². The van der Waals surface area contributed by atoms with Gasteiger partial charge in [-0.25, -0.2) is 0 Å². The lowest BCUT2D eigenvalue weighted by Crippen LogP contribution is -2.26. The average Bonchev–Trinajstić information content (AvgIpc) is 4.02. The smallest absolute Gasteiger partial charge is 0.145 e. The molecule has 0 saturated carbocycles. The van der Waals surface area contributed by atoms with E-state index in [1.165, 1.54) is 55.3 Å². The van der Waals surface area contributed by atoms with Crippen LogP contribution in [0.25, 0.3) is 65.7 Å². The zero-order valence-corrected chi connectivity index (χ0v) is 35.9. The van der Waals surface area contributed by atoms with Gasteiger partial charge in [-0.05, 0) is 128 Å². The topological polar surface area (TPSA) is 19.6 Å². The van der Waals surface area contributed by atoms with Crippen molar-refractivity contribution in [3.8, 4) is 22.3 Å². The largest absolute Gasteiger partial charge is 0.455 e. The third-order valence-corrected chi connectivity index (χ3v) is 14.2. The molecular formula is C63H40N2O. The highest BCUT2D eigenvalue weighted by Gasteiger charge is 2.53. The van der Waals surface area contributed by atoms with Gasteiger partial charge < -0.3 is 14.2 Å². The summed E-state index contributed by atoms with van der Waals surface area (Å²) < 4.78 is 7.11. The van der Waals surface area contributed by atoms with Crippen molar-refractivity contribution in [2.24, 2.45) is 0 Å². The number of fused-ring (bicyclic) bond motifs is 18. The molecule has 0 saturated heterocycles. The number of rotatable bonds is 6. The lowest BCUT2D eigenvalue weighted by atomic mass is 9.70. The zero-order valence-electron chi connectivity index (χ0n) is 35.9. The van der Waals surface area contributed by atoms with Gasteiger partial charge in [-0.1, -0.05) is 170 Å². The summed E-state index contributed by atoms with van der Waals surface area (Å²) in [5.41, 5.74) is 17.8. The summed E-state index contributed by atoms with van der Waals surface area (Å²) >= 11 is 0. The van der Waals surface area contributed by atoms with Crippen molar-refractivity contribution in [3.05, 3.63) is 265 Å². The second-order valence-electron chi connectivity index (χ2n) is 17.5. The molecule has 3 heteroatoms. The minimum atomic E-state index is -0.680. The molecule has 11 aromatic carbocycles. The van der Waals surface area contributed by atoms with Crippen molar-refractivity contribution in [1.29, 1.82) is 0 Å². The minimum Gasteiger partial charge on any atom is -0.455 e. The monoisotopic (exact) mass is 840 g/mol. The quantitative estimate of drug-likeness (QED) is 0.166. The van der Waals surface area contributed by atoms with Crippen LogP contribution in [0.5, 0.6) is 0 Å². The van der Waals surface area contributed by atoms with E-state index in [4.69, 9.17) is 4.42 Å². The summed E-state index contributed by atoms with van der Waals surface area (Å²) in [5.74, 6) is 0. The number of nitrogens with zero attached hydrogens (tertiary/aromatic N) is 2. The second-order valence-corrected chi connectivity index (χ2v) is 17.5. The third kappa shape index (κ3) is 5.02. The molecule has 308 valence electrons. The van der Waals surface area contributed by atoms with E-state index in [1.54, 1.807) is 0 Å². The standard InChI is InChI=1S/C63H40N2O/c1-5-21-41(22-6-1)64(42-23-7-2-8-24-42)56-39-54-59(49-33-14-13-31-47(49)56)60-51-38-37-50-48-32-17-20-36-58(48)66-62(50)61(51)57(65(43-25-9-3-10-26-43)44-27-11-4-12-28-44)40-55(60)63(54)52-34-18-15-29-45(52)46-30-16-19-35-53(46)63/h1-40H. The van der Waals surface area contributed by atoms with Crippen LogP contribution in [0.2, 0.25) is 0 Å². The Bertz CT molecular complexity index is 3750. The molecule has 2 aliphatic rings. The van der Waals surface area contributed by atoms with Crippen LogP contribution in [0.3, 0.4) is 0 Å². The molecule has 14 rings (SSSR count). The van der Waals surface area contributed by atoms with Crippen molar-refractivity contribution >= 4 is 77.6 Å². The van der Waals surface area contributed by atoms with Crippen LogP contribution in [0, 0.1) is 0 Å². The summed E-state index contributed by atoms with van der Waals surface area (Å²) in [5, 5.41) is 6.85. The number of para-hydroxylation sites is 5. The van der Waals surface area contributed by atoms with E-state index in [9.17, 15) is 0 Å². The van der Waals surface area contributed by atoms with Gasteiger partial charge in [-0.15, -0.1) is 0 Å². The second kappa shape index (κ2) is 14.2. The Morgan fingerprint density at radius 2 is 0.712 bits per heavy atom. The molecule has 1 spiro atoms. The van der Waals surface area contributed by atoms with E-state index >= 15 is 0 Å². The van der Waals surface area contributed by atoms with Crippen LogP contribution < -0.4 is 9.80 Å². The fourth-order valence-corrected chi connectivity index (χ4v) is 11.6. The zero-order chi connectivity index (χ0) is 43.3. The molecule has 0 fully saturated rings. The molecule has 1 heterocycles. The maximum Gasteiger partial charge on any atom is 0.145 e. The van der Waals surface area contributed by atoms with Crippen LogP contribution in [0.1, 0.15) is 22.3 Å². The SMILES string of the molecule is c1ccc(N(c2ccccc2)c2cc3c(c4ccccc24)-c2c(cc(N(c4ccccc4)c4ccccc4)c4c2ccc2c5ccccc5oc24)C32c3ccccc3-c3ccccc32)cc1. The number of hydrogen-bond acceptors (Lipinski definition) is 3. The summed E-state index contributed by atoms with van der Waals surface area (Å²) in [6.45, 7) is 0. The molecule has 66 heavy (non-hydrogen) atoms. The van der Waals surface area contributed by atoms with Gasteiger partial charge in [0.2, 0.25) is 0 Å². The van der Waals surface area contributed by atoms with Gasteiger partial charge in [0.25, 0.3) is 0 Å². The van der Waals surface area contributed by atoms with Gasteiger partial charge in [0.15, 0.2) is 0 Å². The number of furan rings is 1. The van der Waals surface area contributed by atoms with Crippen molar-refractivity contribution in [3.63, 3.8) is 0 Å². The molecule has 3 nitrogen and oxygen atoms in total. The summed E-state index contributed by atoms with van der Waals surface area (Å²) in [6, 6.07) is 88.8. The first-order valence-electron chi connectivity index (χ1n) is 22.8. The average molecular weight is 841 g/mol. The molecule has 2 aliphatic carbocycles. The van der Waals surface area contributed by atoms with Crippen LogP contribution >= 0.6 is 0 Å². The van der Waals surface area contributed by atoms with Crippen molar-refractivity contribution < 1.29 is 4.42 Å². The Kier molecular flexibility index (Phi) is 7.90. The Morgan fingerprint density at radius 1 is 0.303 bits per heavy atom. The first kappa shape index (κ1) is 36.8. The maximum absolute atomic E-state index is 7.11. The van der Waals surface area contributed by atoms with E-state index in [-0.39, 0.29) is 0 Å². The highest BCUT2D eigenvalue weighted by Crippen LogP contribution is 2.67. The predicted molar refractivity (Wildman–Crippen MR) is 274 cm³/mol. The van der Waals surface area contributed by atoms with Crippen molar-refractivity contribution in [1.82, 2.24) is 0 Å². The van der Waals surface area contributed by atoms with Crippen LogP contribution in [0.15, 0.2) is 247 Å². The maximum atomic E-state index is 7.11. The third-order valence-electron chi connectivity index (χ3n) is 14.2. The molecule has 0 unspecified atom stereocenters. The van der Waals surface area contributed by atoms with Gasteiger partial charge >= 0.3 is 0 Å². The number of benzene rings is 11. The van der Waals surface area contributed by atoms with Gasteiger partial charge in [0, 0.05) is 44.3 Å². The Hall–Kier alpha value is -8.66. The van der Waals surface area contributed by atoms with Crippen LogP contribution in [-0.2, 0) is 5.41 Å². The molecule has 0 aliphatic heterocycles. The summed E-state index contributed by atoms with van der Waals surface area (Å²) in [6.07, 6.45) is 0. The van der Waals surface area contributed by atoms with Crippen molar-refractivity contribution in [2.45, 2.75) is 5.41 Å². The van der Waals surface area contributed by atoms with Gasteiger partial charge in [0.05, 0.1) is 16.8 Å². The molecular weight excluding hydrogens is 801 g/mol. The summed E-state index contributed by atoms with van der Waals surface area (Å²) in [7, 11) is 0. The van der Waals surface area contributed by atoms with E-state index in [2.05, 4.69) is 252 Å². The molecule has 0 N–H and O–H groups in total. The molecule has 0 atom stereocenters. The highest BCUT2D eigenvalue weighted by molar-refractivity contribution is 6.26. The van der Waals surface area contributed by atoms with Gasteiger partial charge in [-0.3, -0.25) is 0 Å². The minimum absolute atomic E-state index is 0.680. The Morgan fingerprint density at radius 3 is 1.27 bits per heavy atom. The van der Waals surface area contributed by atoms with E-state index in [1.807, 2.05) is 0 Å². The van der Waals surface area contributed by atoms with E-state index < -0.39 is 5.41 Å². The normalized spacial score (nSPS) is 13.0. The molecule has 0 radical (unpaired) electrons. The fraction of sp³-hybridized carbons (Fsp3) is 0.0159. The van der Waals surface area contributed by atoms with Gasteiger partial charge in [-0.2, -0.15) is 0 Å². The van der Waals surface area contributed by atoms with E-state index in [0.29, 0.717) is 0 Å². The fourth-order valence-electron chi connectivity index (χ4n) is 11.6. The Balaban J connectivity index is 1.21. The predicted octanol–water partition coefficient (Wildman–Crippen LogP) is 17.2. The lowest BCUT2D eigenvalue weighted by Gasteiger charge is -2.34. The molecule has 0 bridgehead atoms. The van der Waals surface area contributed by atoms with Crippen molar-refractivity contribution in [2.75, 3.05) is 9.80 Å². The summed E-state index contributed by atoms with van der Waals surface area (Å²) in [4.78, 5) is 4.88. The highest BCUT2D eigenvalue weighted by atomic mass is 16.3. The van der Waals surface area contributed by atoms with Gasteiger partial charge in [0.1, 0.15) is 11.2 Å². The van der Waals surface area contributed by atoms with Crippen LogP contribution in [0.4, 0.5) is 34.1 Å². The molecule has 0 amide bonds. The number of anilines is 6. The van der Waals surface area contributed by atoms with E-state index in [0.717, 1.165) is 66.8 Å². The first-order chi connectivity index (χ1) is 32.8.